The summed E-state index contributed by atoms with van der Waals surface area (Å²) in [6.45, 7) is 3.22. The van der Waals surface area contributed by atoms with Crippen molar-refractivity contribution in [2.75, 3.05) is 18.5 Å². The molecule has 0 radical (unpaired) electrons. The Labute approximate surface area is 85.9 Å². The maximum atomic E-state index is 11.5. The molecule has 1 aliphatic heterocycles. The molecule has 1 aliphatic rings. The van der Waals surface area contributed by atoms with Crippen molar-refractivity contribution in [2.24, 2.45) is 0 Å². The van der Waals surface area contributed by atoms with E-state index in [2.05, 4.69) is 10.3 Å². The molecule has 0 aromatic carbocycles. The molecule has 0 atom stereocenters. The van der Waals surface area contributed by atoms with Crippen molar-refractivity contribution in [3.05, 3.63) is 22.1 Å². The first kappa shape index (κ1) is 9.70. The second kappa shape index (κ2) is 3.72. The van der Waals surface area contributed by atoms with Crippen LogP contribution in [0.15, 0.2) is 10.9 Å². The Morgan fingerprint density at radius 3 is 3.27 bits per heavy atom. The van der Waals surface area contributed by atoms with Crippen molar-refractivity contribution in [3.63, 3.8) is 0 Å². The Morgan fingerprint density at radius 2 is 2.53 bits per heavy atom. The van der Waals surface area contributed by atoms with Gasteiger partial charge in [0.05, 0.1) is 6.61 Å². The van der Waals surface area contributed by atoms with Crippen LogP contribution < -0.4 is 10.9 Å². The number of hydrogen-bond acceptors (Lipinski definition) is 5. The molecule has 0 saturated heterocycles. The summed E-state index contributed by atoms with van der Waals surface area (Å²) in [4.78, 5) is 26.9. The van der Waals surface area contributed by atoms with Crippen LogP contribution in [-0.2, 0) is 11.3 Å². The lowest BCUT2D eigenvalue weighted by Gasteiger charge is -2.04. The third kappa shape index (κ3) is 1.70. The molecule has 15 heavy (non-hydrogen) atoms. The summed E-state index contributed by atoms with van der Waals surface area (Å²) in [5.74, 6) is -0.128. The van der Waals surface area contributed by atoms with Gasteiger partial charge in [0, 0.05) is 19.2 Å². The predicted octanol–water partition coefficient (Wildman–Crippen LogP) is -0.155. The number of ether oxygens (including phenoxy) is 1. The topological polar surface area (TPSA) is 73.2 Å². The van der Waals surface area contributed by atoms with Gasteiger partial charge in [-0.1, -0.05) is 0 Å². The minimum absolute atomic E-state index is 0.0579. The second-order valence-electron chi connectivity index (χ2n) is 3.10. The van der Waals surface area contributed by atoms with Gasteiger partial charge in [0.2, 0.25) is 5.95 Å². The van der Waals surface area contributed by atoms with Crippen molar-refractivity contribution in [2.45, 2.75) is 13.5 Å². The summed E-state index contributed by atoms with van der Waals surface area (Å²) < 4.78 is 6.25. The Hall–Kier alpha value is -1.85. The zero-order valence-electron chi connectivity index (χ0n) is 8.32. The van der Waals surface area contributed by atoms with Crippen LogP contribution in [-0.4, -0.2) is 28.7 Å². The van der Waals surface area contributed by atoms with Crippen LogP contribution in [0.2, 0.25) is 0 Å². The van der Waals surface area contributed by atoms with E-state index in [4.69, 9.17) is 4.74 Å². The van der Waals surface area contributed by atoms with E-state index in [0.29, 0.717) is 19.0 Å². The van der Waals surface area contributed by atoms with Crippen LogP contribution in [0.1, 0.15) is 17.4 Å². The molecule has 0 saturated carbocycles. The zero-order chi connectivity index (χ0) is 10.8. The third-order valence-electron chi connectivity index (χ3n) is 2.11. The lowest BCUT2D eigenvalue weighted by atomic mass is 10.4. The standard InChI is InChI=1S/C9H11N3O3/c1-2-15-8(14)6-5-7(13)12-4-3-10-9(12)11-6/h5H,2-4H2,1H3,(H,10,11). The number of nitrogens with zero attached hydrogens (tertiary/aromatic N) is 2. The van der Waals surface area contributed by atoms with Gasteiger partial charge in [0.1, 0.15) is 0 Å². The third-order valence-corrected chi connectivity index (χ3v) is 2.11. The largest absolute Gasteiger partial charge is 0.461 e. The normalized spacial score (nSPS) is 13.1. The minimum Gasteiger partial charge on any atom is -0.461 e. The molecule has 6 heteroatoms. The maximum absolute atomic E-state index is 11.5. The number of fused-ring (bicyclic) bond motifs is 1. The maximum Gasteiger partial charge on any atom is 0.357 e. The van der Waals surface area contributed by atoms with Gasteiger partial charge in [-0.05, 0) is 6.92 Å². The van der Waals surface area contributed by atoms with E-state index in [1.807, 2.05) is 0 Å². The summed E-state index contributed by atoms with van der Waals surface area (Å²) in [6, 6.07) is 1.20. The molecular formula is C9H11N3O3. The fourth-order valence-electron chi connectivity index (χ4n) is 1.45. The number of carbonyl (C=O) groups excluding carboxylic acids is 1. The van der Waals surface area contributed by atoms with E-state index in [1.165, 1.54) is 10.6 Å². The molecule has 80 valence electrons. The Kier molecular flexibility index (Phi) is 2.40. The first-order valence-corrected chi connectivity index (χ1v) is 4.75. The van der Waals surface area contributed by atoms with Crippen molar-refractivity contribution in [3.8, 4) is 0 Å². The molecule has 6 nitrogen and oxygen atoms in total. The fraction of sp³-hybridized carbons (Fsp3) is 0.444. The van der Waals surface area contributed by atoms with Crippen LogP contribution in [0.25, 0.3) is 0 Å². The monoisotopic (exact) mass is 209 g/mol. The Morgan fingerprint density at radius 1 is 1.73 bits per heavy atom. The molecule has 0 bridgehead atoms. The van der Waals surface area contributed by atoms with Gasteiger partial charge < -0.3 is 10.1 Å². The number of anilines is 1. The van der Waals surface area contributed by atoms with Gasteiger partial charge in [-0.15, -0.1) is 0 Å². The smallest absolute Gasteiger partial charge is 0.357 e. The van der Waals surface area contributed by atoms with Gasteiger partial charge in [-0.25, -0.2) is 9.78 Å². The van der Waals surface area contributed by atoms with Gasteiger partial charge in [-0.3, -0.25) is 9.36 Å². The zero-order valence-corrected chi connectivity index (χ0v) is 8.32. The lowest BCUT2D eigenvalue weighted by molar-refractivity contribution is 0.0519. The van der Waals surface area contributed by atoms with Crippen LogP contribution in [0.3, 0.4) is 0 Å². The quantitative estimate of drug-likeness (QED) is 0.685. The molecule has 1 aromatic rings. The van der Waals surface area contributed by atoms with Gasteiger partial charge in [0.15, 0.2) is 5.69 Å². The van der Waals surface area contributed by atoms with E-state index in [1.54, 1.807) is 6.92 Å². The van der Waals surface area contributed by atoms with Crippen molar-refractivity contribution in [1.82, 2.24) is 9.55 Å². The number of aromatic nitrogens is 2. The minimum atomic E-state index is -0.563. The van der Waals surface area contributed by atoms with Gasteiger partial charge in [0.25, 0.3) is 5.56 Å². The average Bonchev–Trinajstić information content (AvgIpc) is 2.66. The molecular weight excluding hydrogens is 198 g/mol. The first-order chi connectivity index (χ1) is 7.22. The summed E-state index contributed by atoms with van der Waals surface area (Å²) in [5, 5.41) is 2.92. The van der Waals surface area contributed by atoms with Crippen LogP contribution >= 0.6 is 0 Å². The SMILES string of the molecule is CCOC(=O)c1cc(=O)n2c(n1)NCC2. The predicted molar refractivity (Wildman–Crippen MR) is 52.9 cm³/mol. The van der Waals surface area contributed by atoms with E-state index in [-0.39, 0.29) is 17.9 Å². The molecule has 2 rings (SSSR count). The van der Waals surface area contributed by atoms with Gasteiger partial charge >= 0.3 is 5.97 Å². The highest BCUT2D eigenvalue weighted by Crippen LogP contribution is 2.08. The van der Waals surface area contributed by atoms with Crippen molar-refractivity contribution in [1.29, 1.82) is 0 Å². The van der Waals surface area contributed by atoms with Crippen LogP contribution in [0, 0.1) is 0 Å². The molecule has 0 unspecified atom stereocenters. The summed E-state index contributed by atoms with van der Waals surface area (Å²) in [5.41, 5.74) is -0.171. The van der Waals surface area contributed by atoms with E-state index >= 15 is 0 Å². The number of esters is 1. The fourth-order valence-corrected chi connectivity index (χ4v) is 1.45. The molecule has 0 fully saturated rings. The highest BCUT2D eigenvalue weighted by molar-refractivity contribution is 5.87. The van der Waals surface area contributed by atoms with Crippen LogP contribution in [0.4, 0.5) is 5.95 Å². The summed E-state index contributed by atoms with van der Waals surface area (Å²) in [7, 11) is 0. The number of hydrogen-bond donors (Lipinski definition) is 1. The Balaban J connectivity index is 2.39. The highest BCUT2D eigenvalue weighted by Gasteiger charge is 2.17. The van der Waals surface area contributed by atoms with Crippen LogP contribution in [0.5, 0.6) is 0 Å². The average molecular weight is 209 g/mol. The van der Waals surface area contributed by atoms with Crippen molar-refractivity contribution >= 4 is 11.9 Å². The summed E-state index contributed by atoms with van der Waals surface area (Å²) in [6.07, 6.45) is 0. The summed E-state index contributed by atoms with van der Waals surface area (Å²) >= 11 is 0. The van der Waals surface area contributed by atoms with Gasteiger partial charge in [-0.2, -0.15) is 0 Å². The van der Waals surface area contributed by atoms with E-state index < -0.39 is 5.97 Å². The molecule has 0 aliphatic carbocycles. The molecule has 1 aromatic heterocycles. The van der Waals surface area contributed by atoms with Crippen molar-refractivity contribution < 1.29 is 9.53 Å². The number of rotatable bonds is 2. The Bertz CT molecular complexity index is 452. The molecule has 1 N–H and O–H groups in total. The first-order valence-electron chi connectivity index (χ1n) is 4.75. The van der Waals surface area contributed by atoms with E-state index in [0.717, 1.165) is 0 Å². The number of carbonyl (C=O) groups is 1. The second-order valence-corrected chi connectivity index (χ2v) is 3.10. The highest BCUT2D eigenvalue weighted by atomic mass is 16.5. The molecule has 0 amide bonds. The molecule has 0 spiro atoms. The lowest BCUT2D eigenvalue weighted by Crippen LogP contribution is -2.21. The van der Waals surface area contributed by atoms with E-state index in [9.17, 15) is 9.59 Å². The number of nitrogens with one attached hydrogen (secondary N) is 1. The molecule has 2 heterocycles.